The van der Waals surface area contributed by atoms with Crippen LogP contribution in [0.3, 0.4) is 0 Å². The zero-order valence-corrected chi connectivity index (χ0v) is 25.1. The molecule has 0 aromatic rings. The van der Waals surface area contributed by atoms with E-state index in [9.17, 15) is 10.2 Å². The topological polar surface area (TPSA) is 108 Å². The van der Waals surface area contributed by atoms with Crippen LogP contribution in [-0.4, -0.2) is 102 Å². The standard InChI is InChI=1S/C28H53NO8/c1-25(2,3)23-18(32-15-17(34-23)16-33-26(4,5)6)13-29-20-21(31)22(36-27(7,8)9)19(14-30)35-24(20)37-28(10,11)12/h13,17-24,30-31H,14-16H2,1-12H3. The molecule has 8 unspecified atom stereocenters. The van der Waals surface area contributed by atoms with Crippen molar-refractivity contribution in [3.8, 4) is 0 Å². The highest BCUT2D eigenvalue weighted by Gasteiger charge is 2.49. The summed E-state index contributed by atoms with van der Waals surface area (Å²) in [6.07, 6.45) is -2.71. The number of ether oxygens (including phenoxy) is 6. The Morgan fingerprint density at radius 1 is 0.865 bits per heavy atom. The fraction of sp³-hybridized carbons (Fsp3) is 0.964. The summed E-state index contributed by atoms with van der Waals surface area (Å²) >= 11 is 0. The van der Waals surface area contributed by atoms with Gasteiger partial charge in [0, 0.05) is 6.21 Å². The van der Waals surface area contributed by atoms with Gasteiger partial charge in [-0.25, -0.2) is 0 Å². The van der Waals surface area contributed by atoms with Crippen LogP contribution in [0.4, 0.5) is 0 Å². The molecule has 0 amide bonds. The third-order valence-electron chi connectivity index (χ3n) is 5.85. The fourth-order valence-corrected chi connectivity index (χ4v) is 4.27. The molecule has 2 saturated heterocycles. The third kappa shape index (κ3) is 10.4. The first kappa shape index (κ1) is 32.6. The van der Waals surface area contributed by atoms with Gasteiger partial charge in [0.1, 0.15) is 36.6 Å². The van der Waals surface area contributed by atoms with Crippen molar-refractivity contribution in [2.24, 2.45) is 10.4 Å². The Bertz CT molecular complexity index is 730. The minimum Gasteiger partial charge on any atom is -0.394 e. The smallest absolute Gasteiger partial charge is 0.183 e. The van der Waals surface area contributed by atoms with Crippen molar-refractivity contribution in [2.75, 3.05) is 19.8 Å². The summed E-state index contributed by atoms with van der Waals surface area (Å²) < 4.78 is 36.9. The van der Waals surface area contributed by atoms with Crippen molar-refractivity contribution in [2.45, 2.75) is 149 Å². The lowest BCUT2D eigenvalue weighted by molar-refractivity contribution is -0.304. The number of hydrogen-bond acceptors (Lipinski definition) is 9. The van der Waals surface area contributed by atoms with E-state index < -0.39 is 47.9 Å². The number of aliphatic imine (C=N–C) groups is 1. The summed E-state index contributed by atoms with van der Waals surface area (Å²) in [5.74, 6) is 0. The van der Waals surface area contributed by atoms with Gasteiger partial charge in [0.05, 0.1) is 42.7 Å². The summed E-state index contributed by atoms with van der Waals surface area (Å²) in [4.78, 5) is 4.75. The Morgan fingerprint density at radius 3 is 1.95 bits per heavy atom. The summed E-state index contributed by atoms with van der Waals surface area (Å²) in [5.41, 5.74) is -1.62. The SMILES string of the molecule is CC(C)(C)OCC1COC(C=NC2C(OC(C)(C)C)OC(CO)C(OC(C)(C)C)C2O)C(C(C)(C)C)O1. The molecule has 2 rings (SSSR count). The number of aliphatic hydroxyl groups is 2. The van der Waals surface area contributed by atoms with Crippen molar-refractivity contribution in [1.29, 1.82) is 0 Å². The molecule has 2 aliphatic rings. The molecule has 0 aromatic heterocycles. The first-order valence-corrected chi connectivity index (χ1v) is 13.4. The molecular formula is C28H53NO8. The molecule has 218 valence electrons. The normalized spacial score (nSPS) is 34.8. The Hall–Kier alpha value is -0.650. The van der Waals surface area contributed by atoms with Crippen LogP contribution in [-0.2, 0) is 28.4 Å². The maximum atomic E-state index is 11.4. The molecule has 37 heavy (non-hydrogen) atoms. The second-order valence-electron chi connectivity index (χ2n) is 14.2. The predicted molar refractivity (Wildman–Crippen MR) is 143 cm³/mol. The minimum atomic E-state index is -1.07. The van der Waals surface area contributed by atoms with Crippen LogP contribution in [0.25, 0.3) is 0 Å². The van der Waals surface area contributed by atoms with Gasteiger partial charge in [-0.05, 0) is 67.7 Å². The van der Waals surface area contributed by atoms with Crippen LogP contribution >= 0.6 is 0 Å². The molecule has 0 saturated carbocycles. The van der Waals surface area contributed by atoms with Crippen molar-refractivity contribution in [3.05, 3.63) is 0 Å². The lowest BCUT2D eigenvalue weighted by atomic mass is 9.85. The van der Waals surface area contributed by atoms with Gasteiger partial charge in [0.25, 0.3) is 0 Å². The Labute approximate surface area is 224 Å². The van der Waals surface area contributed by atoms with Gasteiger partial charge in [-0.15, -0.1) is 0 Å². The Balaban J connectivity index is 2.29. The molecule has 9 heteroatoms. The zero-order valence-electron chi connectivity index (χ0n) is 25.1. The maximum absolute atomic E-state index is 11.4. The quantitative estimate of drug-likeness (QED) is 0.481. The molecule has 0 aliphatic carbocycles. The van der Waals surface area contributed by atoms with Crippen molar-refractivity contribution >= 4 is 6.21 Å². The van der Waals surface area contributed by atoms with E-state index >= 15 is 0 Å². The molecule has 2 N–H and O–H groups in total. The van der Waals surface area contributed by atoms with Crippen LogP contribution in [0.1, 0.15) is 83.1 Å². The number of aliphatic hydroxyl groups excluding tert-OH is 2. The van der Waals surface area contributed by atoms with Gasteiger partial charge >= 0.3 is 0 Å². The average molecular weight is 532 g/mol. The highest BCUT2D eigenvalue weighted by Crippen LogP contribution is 2.33. The molecule has 8 atom stereocenters. The monoisotopic (exact) mass is 531 g/mol. The molecular weight excluding hydrogens is 478 g/mol. The summed E-state index contributed by atoms with van der Waals surface area (Å²) in [6.45, 7) is 24.2. The van der Waals surface area contributed by atoms with Crippen molar-refractivity contribution in [3.63, 3.8) is 0 Å². The molecule has 0 bridgehead atoms. The highest BCUT2D eigenvalue weighted by molar-refractivity contribution is 5.65. The first-order valence-electron chi connectivity index (χ1n) is 13.4. The van der Waals surface area contributed by atoms with Gasteiger partial charge in [0.2, 0.25) is 0 Å². The average Bonchev–Trinajstić information content (AvgIpc) is 2.71. The van der Waals surface area contributed by atoms with Crippen LogP contribution in [0, 0.1) is 5.41 Å². The van der Waals surface area contributed by atoms with Crippen LogP contribution in [0.15, 0.2) is 4.99 Å². The maximum Gasteiger partial charge on any atom is 0.183 e. The van der Waals surface area contributed by atoms with Gasteiger partial charge in [0.15, 0.2) is 6.29 Å². The molecule has 2 aliphatic heterocycles. The molecule has 2 heterocycles. The van der Waals surface area contributed by atoms with Gasteiger partial charge in [-0.3, -0.25) is 4.99 Å². The predicted octanol–water partition coefficient (Wildman–Crippen LogP) is 3.52. The molecule has 2 fully saturated rings. The third-order valence-corrected chi connectivity index (χ3v) is 5.85. The molecule has 9 nitrogen and oxygen atoms in total. The van der Waals surface area contributed by atoms with Crippen LogP contribution in [0.5, 0.6) is 0 Å². The highest BCUT2D eigenvalue weighted by atomic mass is 16.7. The van der Waals surface area contributed by atoms with Crippen LogP contribution < -0.4 is 0 Å². The lowest BCUT2D eigenvalue weighted by Crippen LogP contribution is -2.61. The van der Waals surface area contributed by atoms with E-state index in [2.05, 4.69) is 20.8 Å². The van der Waals surface area contributed by atoms with E-state index in [1.165, 1.54) is 0 Å². The molecule has 0 spiro atoms. The Kier molecular flexibility index (Phi) is 10.8. The number of hydrogen-bond donors (Lipinski definition) is 2. The van der Waals surface area contributed by atoms with E-state index in [-0.39, 0.29) is 29.8 Å². The van der Waals surface area contributed by atoms with E-state index in [1.807, 2.05) is 62.3 Å². The van der Waals surface area contributed by atoms with Crippen LogP contribution in [0.2, 0.25) is 0 Å². The van der Waals surface area contributed by atoms with Gasteiger partial charge in [-0.2, -0.15) is 0 Å². The summed E-state index contributed by atoms with van der Waals surface area (Å²) in [7, 11) is 0. The van der Waals surface area contributed by atoms with Gasteiger partial charge in [-0.1, -0.05) is 20.8 Å². The summed E-state index contributed by atoms with van der Waals surface area (Å²) in [5, 5.41) is 21.4. The van der Waals surface area contributed by atoms with E-state index in [1.54, 1.807) is 6.21 Å². The second kappa shape index (κ2) is 12.3. The van der Waals surface area contributed by atoms with E-state index in [4.69, 9.17) is 33.4 Å². The lowest BCUT2D eigenvalue weighted by Gasteiger charge is -2.46. The van der Waals surface area contributed by atoms with Gasteiger partial charge < -0.3 is 38.6 Å². The van der Waals surface area contributed by atoms with E-state index in [0.717, 1.165) is 0 Å². The van der Waals surface area contributed by atoms with E-state index in [0.29, 0.717) is 13.2 Å². The molecule has 0 aromatic carbocycles. The first-order chi connectivity index (χ1) is 16.7. The number of rotatable bonds is 7. The van der Waals surface area contributed by atoms with Crippen molar-refractivity contribution < 1.29 is 38.6 Å². The molecule has 0 radical (unpaired) electrons. The zero-order chi connectivity index (χ0) is 28.4. The fourth-order valence-electron chi connectivity index (χ4n) is 4.27. The summed E-state index contributed by atoms with van der Waals surface area (Å²) in [6, 6.07) is -0.791. The number of nitrogens with zero attached hydrogens (tertiary/aromatic N) is 1. The Morgan fingerprint density at radius 2 is 1.46 bits per heavy atom. The largest absolute Gasteiger partial charge is 0.394 e. The minimum absolute atomic E-state index is 0.191. The second-order valence-corrected chi connectivity index (χ2v) is 14.2. The van der Waals surface area contributed by atoms with Crippen molar-refractivity contribution in [1.82, 2.24) is 0 Å².